The van der Waals surface area contributed by atoms with Crippen LogP contribution in [0.2, 0.25) is 0 Å². The maximum atomic E-state index is 9.24. The summed E-state index contributed by atoms with van der Waals surface area (Å²) in [5, 5.41) is 18.4. The van der Waals surface area contributed by atoms with Gasteiger partial charge in [0, 0.05) is 6.07 Å². The van der Waals surface area contributed by atoms with E-state index in [1.54, 1.807) is 25.1 Å². The Balaban J connectivity index is 2.62. The average molecular weight is 178 g/mol. The molecule has 2 aromatic rings. The molecule has 68 valence electrons. The Hall–Kier alpha value is -1.55. The third kappa shape index (κ3) is 1.36. The van der Waals surface area contributed by atoms with Gasteiger partial charge < -0.3 is 15.2 Å². The van der Waals surface area contributed by atoms with E-state index in [4.69, 9.17) is 5.11 Å². The molecule has 0 radical (unpaired) electrons. The molecule has 0 bridgehead atoms. The smallest absolute Gasteiger partial charge is 0.135 e. The molecule has 2 rings (SSSR count). The van der Waals surface area contributed by atoms with Gasteiger partial charge in [0.25, 0.3) is 0 Å². The van der Waals surface area contributed by atoms with E-state index >= 15 is 0 Å². The Morgan fingerprint density at radius 2 is 2.23 bits per heavy atom. The maximum absolute atomic E-state index is 9.24. The first-order valence-corrected chi connectivity index (χ1v) is 4.03. The number of aromatic amines is 1. The number of aliphatic hydroxyl groups excluding tert-OH is 1. The summed E-state index contributed by atoms with van der Waals surface area (Å²) in [5.41, 5.74) is 1.48. The van der Waals surface area contributed by atoms with E-state index in [-0.39, 0.29) is 5.75 Å². The zero-order chi connectivity index (χ0) is 9.42. The van der Waals surface area contributed by atoms with Crippen molar-refractivity contribution in [3.05, 3.63) is 24.0 Å². The average Bonchev–Trinajstić information content (AvgIpc) is 2.46. The molecular weight excluding hydrogens is 168 g/mol. The normalized spacial score (nSPS) is 13.4. The summed E-state index contributed by atoms with van der Waals surface area (Å²) in [6, 6.07) is 4.84. The fraction of sp³-hybridized carbons (Fsp3) is 0.222. The van der Waals surface area contributed by atoms with Crippen LogP contribution in [0.1, 0.15) is 18.9 Å². The van der Waals surface area contributed by atoms with E-state index in [2.05, 4.69) is 9.97 Å². The number of benzene rings is 1. The van der Waals surface area contributed by atoms with Crippen LogP contribution in [-0.4, -0.2) is 20.2 Å². The first-order valence-electron chi connectivity index (χ1n) is 4.03. The van der Waals surface area contributed by atoms with Crippen molar-refractivity contribution in [3.63, 3.8) is 0 Å². The standard InChI is InChI=1S/C9H10N2O2/c1-5(12)9-10-7-3-2-6(13)4-8(7)11-9/h2-5,12-13H,1H3,(H,10,11)/t5-/m0/s1. The van der Waals surface area contributed by atoms with Gasteiger partial charge in [-0.25, -0.2) is 4.98 Å². The number of hydrogen-bond donors (Lipinski definition) is 3. The quantitative estimate of drug-likeness (QED) is 0.616. The lowest BCUT2D eigenvalue weighted by molar-refractivity contribution is 0.190. The number of hydrogen-bond acceptors (Lipinski definition) is 3. The molecule has 0 saturated carbocycles. The second kappa shape index (κ2) is 2.74. The van der Waals surface area contributed by atoms with Crippen molar-refractivity contribution < 1.29 is 10.2 Å². The van der Waals surface area contributed by atoms with Gasteiger partial charge in [0.05, 0.1) is 11.0 Å². The Morgan fingerprint density at radius 3 is 2.92 bits per heavy atom. The van der Waals surface area contributed by atoms with Crippen LogP contribution in [0.4, 0.5) is 0 Å². The molecule has 13 heavy (non-hydrogen) atoms. The van der Waals surface area contributed by atoms with Crippen molar-refractivity contribution in [2.45, 2.75) is 13.0 Å². The Labute approximate surface area is 74.9 Å². The molecule has 0 amide bonds. The van der Waals surface area contributed by atoms with Crippen LogP contribution < -0.4 is 0 Å². The molecule has 0 spiro atoms. The number of phenolic OH excluding ortho intramolecular Hbond substituents is 1. The first-order chi connectivity index (χ1) is 6.16. The van der Waals surface area contributed by atoms with E-state index in [1.807, 2.05) is 0 Å². The molecule has 4 nitrogen and oxygen atoms in total. The first kappa shape index (κ1) is 8.07. The number of fused-ring (bicyclic) bond motifs is 1. The van der Waals surface area contributed by atoms with Gasteiger partial charge in [-0.05, 0) is 19.1 Å². The predicted octanol–water partition coefficient (Wildman–Crippen LogP) is 1.32. The number of H-pyrrole nitrogens is 1. The molecule has 1 aromatic carbocycles. The van der Waals surface area contributed by atoms with Crippen LogP contribution in [0.25, 0.3) is 11.0 Å². The highest BCUT2D eigenvalue weighted by Gasteiger charge is 2.07. The van der Waals surface area contributed by atoms with E-state index in [1.165, 1.54) is 0 Å². The van der Waals surface area contributed by atoms with E-state index in [9.17, 15) is 5.11 Å². The summed E-state index contributed by atoms with van der Waals surface area (Å²) in [7, 11) is 0. The highest BCUT2D eigenvalue weighted by molar-refractivity contribution is 5.76. The molecule has 0 fully saturated rings. The molecule has 1 atom stereocenters. The zero-order valence-corrected chi connectivity index (χ0v) is 7.15. The van der Waals surface area contributed by atoms with Crippen LogP contribution in [0.5, 0.6) is 5.75 Å². The lowest BCUT2D eigenvalue weighted by atomic mass is 10.3. The van der Waals surface area contributed by atoms with Gasteiger partial charge in [-0.1, -0.05) is 0 Å². The number of imidazole rings is 1. The second-order valence-corrected chi connectivity index (χ2v) is 3.00. The molecule has 0 saturated heterocycles. The Bertz CT molecular complexity index is 434. The largest absolute Gasteiger partial charge is 0.508 e. The fourth-order valence-electron chi connectivity index (χ4n) is 1.22. The van der Waals surface area contributed by atoms with E-state index in [0.29, 0.717) is 5.82 Å². The maximum Gasteiger partial charge on any atom is 0.135 e. The number of phenols is 1. The molecule has 0 unspecified atom stereocenters. The molecule has 1 heterocycles. The van der Waals surface area contributed by atoms with Gasteiger partial charge in [0.2, 0.25) is 0 Å². The number of nitrogens with one attached hydrogen (secondary N) is 1. The van der Waals surface area contributed by atoms with Crippen LogP contribution in [0.15, 0.2) is 18.2 Å². The molecule has 1 aromatic heterocycles. The minimum Gasteiger partial charge on any atom is -0.508 e. The van der Waals surface area contributed by atoms with Crippen molar-refractivity contribution in [2.75, 3.05) is 0 Å². The SMILES string of the molecule is C[C@H](O)c1nc2ccc(O)cc2[nH]1. The van der Waals surface area contributed by atoms with Gasteiger partial charge in [-0.3, -0.25) is 0 Å². The molecule has 0 aliphatic carbocycles. The van der Waals surface area contributed by atoms with Crippen LogP contribution in [0.3, 0.4) is 0 Å². The number of aliphatic hydroxyl groups is 1. The zero-order valence-electron chi connectivity index (χ0n) is 7.15. The number of aromatic hydroxyl groups is 1. The highest BCUT2D eigenvalue weighted by Crippen LogP contribution is 2.19. The lowest BCUT2D eigenvalue weighted by Gasteiger charge is -1.95. The van der Waals surface area contributed by atoms with Crippen LogP contribution >= 0.6 is 0 Å². The molecule has 0 aliphatic heterocycles. The van der Waals surface area contributed by atoms with Crippen molar-refractivity contribution in [1.29, 1.82) is 0 Å². The highest BCUT2D eigenvalue weighted by atomic mass is 16.3. The molecule has 3 N–H and O–H groups in total. The summed E-state index contributed by atoms with van der Waals surface area (Å²) < 4.78 is 0. The van der Waals surface area contributed by atoms with Crippen molar-refractivity contribution >= 4 is 11.0 Å². The molecule has 4 heteroatoms. The third-order valence-electron chi connectivity index (χ3n) is 1.88. The van der Waals surface area contributed by atoms with Gasteiger partial charge >= 0.3 is 0 Å². The van der Waals surface area contributed by atoms with Crippen molar-refractivity contribution in [2.24, 2.45) is 0 Å². The van der Waals surface area contributed by atoms with Crippen LogP contribution in [-0.2, 0) is 0 Å². The summed E-state index contributed by atoms with van der Waals surface area (Å²) >= 11 is 0. The van der Waals surface area contributed by atoms with Gasteiger partial charge in [0.1, 0.15) is 17.7 Å². The minimum absolute atomic E-state index is 0.188. The molecular formula is C9H10N2O2. The number of nitrogens with zero attached hydrogens (tertiary/aromatic N) is 1. The summed E-state index contributed by atoms with van der Waals surface area (Å²) in [6.07, 6.45) is -0.616. The number of rotatable bonds is 1. The second-order valence-electron chi connectivity index (χ2n) is 3.00. The Morgan fingerprint density at radius 1 is 1.46 bits per heavy atom. The fourth-order valence-corrected chi connectivity index (χ4v) is 1.22. The van der Waals surface area contributed by atoms with Crippen molar-refractivity contribution in [1.82, 2.24) is 9.97 Å². The summed E-state index contributed by atoms with van der Waals surface area (Å²) in [4.78, 5) is 7.05. The van der Waals surface area contributed by atoms with Gasteiger partial charge in [-0.2, -0.15) is 0 Å². The summed E-state index contributed by atoms with van der Waals surface area (Å²) in [6.45, 7) is 1.64. The number of aromatic nitrogens is 2. The van der Waals surface area contributed by atoms with Gasteiger partial charge in [0.15, 0.2) is 0 Å². The molecule has 0 aliphatic rings. The summed E-state index contributed by atoms with van der Waals surface area (Å²) in [5.74, 6) is 0.703. The Kier molecular flexibility index (Phi) is 1.70. The lowest BCUT2D eigenvalue weighted by Crippen LogP contribution is -1.92. The van der Waals surface area contributed by atoms with Crippen molar-refractivity contribution in [3.8, 4) is 5.75 Å². The van der Waals surface area contributed by atoms with E-state index < -0.39 is 6.10 Å². The van der Waals surface area contributed by atoms with Crippen LogP contribution in [0, 0.1) is 0 Å². The topological polar surface area (TPSA) is 69.1 Å². The third-order valence-corrected chi connectivity index (χ3v) is 1.88. The van der Waals surface area contributed by atoms with E-state index in [0.717, 1.165) is 11.0 Å². The predicted molar refractivity (Wildman–Crippen MR) is 48.4 cm³/mol. The monoisotopic (exact) mass is 178 g/mol. The minimum atomic E-state index is -0.616. The van der Waals surface area contributed by atoms with Gasteiger partial charge in [-0.15, -0.1) is 0 Å².